The first kappa shape index (κ1) is 29.8. The van der Waals surface area contributed by atoms with Crippen LogP contribution in [0.25, 0.3) is 11.0 Å². The van der Waals surface area contributed by atoms with Gasteiger partial charge in [0.2, 0.25) is 16.3 Å². The van der Waals surface area contributed by atoms with Crippen molar-refractivity contribution in [2.75, 3.05) is 33.4 Å². The Hall–Kier alpha value is -3.71. The largest absolute Gasteiger partial charge is 0.497 e. The van der Waals surface area contributed by atoms with E-state index in [1.54, 1.807) is 42.5 Å². The highest BCUT2D eigenvalue weighted by molar-refractivity contribution is 7.89. The van der Waals surface area contributed by atoms with E-state index in [0.29, 0.717) is 22.3 Å². The van der Waals surface area contributed by atoms with Gasteiger partial charge in [0, 0.05) is 37.0 Å². The first-order valence-electron chi connectivity index (χ1n) is 13.9. The Morgan fingerprint density at radius 1 is 1.12 bits per heavy atom. The molecule has 1 saturated carbocycles. The first-order valence-corrected chi connectivity index (χ1v) is 15.3. The molecule has 0 bridgehead atoms. The van der Waals surface area contributed by atoms with Crippen molar-refractivity contribution in [2.45, 2.75) is 48.8 Å². The minimum atomic E-state index is -3.94. The van der Waals surface area contributed by atoms with E-state index >= 15 is 0 Å². The Kier molecular flexibility index (Phi) is 9.27. The Morgan fingerprint density at radius 2 is 1.88 bits per heavy atom. The van der Waals surface area contributed by atoms with Crippen LogP contribution >= 0.6 is 0 Å². The molecule has 1 amide bonds. The smallest absolute Gasteiger partial charge is 0.286 e. The van der Waals surface area contributed by atoms with Crippen molar-refractivity contribution in [1.29, 1.82) is 0 Å². The van der Waals surface area contributed by atoms with Crippen molar-refractivity contribution < 1.29 is 36.9 Å². The normalized spacial score (nSPS) is 19.2. The molecule has 1 aromatic heterocycles. The number of nitrogens with one attached hydrogen (secondary N) is 1. The Bertz CT molecular complexity index is 1600. The van der Waals surface area contributed by atoms with Crippen LogP contribution in [-0.4, -0.2) is 69.5 Å². The lowest BCUT2D eigenvalue weighted by Gasteiger charge is -2.31. The Balaban J connectivity index is 1.33. The fourth-order valence-electron chi connectivity index (χ4n) is 4.94. The number of sulfonamides is 1. The zero-order chi connectivity index (χ0) is 29.7. The summed E-state index contributed by atoms with van der Waals surface area (Å²) in [5.74, 6) is -0.384. The number of hydrogen-bond acceptors (Lipinski definition) is 9. The Morgan fingerprint density at radius 3 is 2.57 bits per heavy atom. The van der Waals surface area contributed by atoms with Gasteiger partial charge in [-0.25, -0.2) is 8.42 Å². The highest BCUT2D eigenvalue weighted by atomic mass is 32.2. The monoisotopic (exact) mass is 598 g/mol. The number of para-hydroxylation sites is 1. The molecule has 42 heavy (non-hydrogen) atoms. The van der Waals surface area contributed by atoms with Gasteiger partial charge in [-0.1, -0.05) is 12.1 Å². The molecular formula is C30H34N2O9S. The molecule has 1 fully saturated rings. The summed E-state index contributed by atoms with van der Waals surface area (Å²) in [6, 6.07) is 13.0. The molecule has 2 N–H and O–H groups in total. The summed E-state index contributed by atoms with van der Waals surface area (Å²) < 4.78 is 50.3. The quantitative estimate of drug-likeness (QED) is 0.322. The number of benzene rings is 2. The second kappa shape index (κ2) is 13.1. The number of carbonyl (C=O) groups excluding carboxylic acids is 1. The molecule has 2 heterocycles. The number of aliphatic hydroxyl groups excluding tert-OH is 1. The van der Waals surface area contributed by atoms with E-state index in [2.05, 4.69) is 5.32 Å². The molecule has 0 saturated heterocycles. The lowest BCUT2D eigenvalue weighted by Crippen LogP contribution is -2.42. The molecule has 5 rings (SSSR count). The number of hydrogen-bond donors (Lipinski definition) is 2. The highest BCUT2D eigenvalue weighted by Gasteiger charge is 2.33. The lowest BCUT2D eigenvalue weighted by molar-refractivity contribution is -0.147. The first-order chi connectivity index (χ1) is 20.3. The number of nitrogens with zero attached hydrogens (tertiary/aromatic N) is 1. The van der Waals surface area contributed by atoms with E-state index in [0.717, 1.165) is 23.6 Å². The topological polar surface area (TPSA) is 145 Å². The van der Waals surface area contributed by atoms with Gasteiger partial charge in [0.25, 0.3) is 5.91 Å². The number of allylic oxidation sites excluding steroid dienone is 1. The molecule has 2 aliphatic rings. The molecule has 11 nitrogen and oxygen atoms in total. The van der Waals surface area contributed by atoms with Gasteiger partial charge in [-0.3, -0.25) is 9.59 Å². The number of methoxy groups -OCH3 is 1. The van der Waals surface area contributed by atoms with Gasteiger partial charge in [-0.15, -0.1) is 0 Å². The van der Waals surface area contributed by atoms with Crippen LogP contribution in [0.2, 0.25) is 0 Å². The predicted molar refractivity (Wildman–Crippen MR) is 153 cm³/mol. The molecule has 0 spiro atoms. The molecule has 1 aliphatic heterocycles. The van der Waals surface area contributed by atoms with E-state index in [-0.39, 0.29) is 54.8 Å². The third kappa shape index (κ3) is 6.51. The average Bonchev–Trinajstić information content (AvgIpc) is 2.98. The second-order valence-corrected chi connectivity index (χ2v) is 12.2. The fraction of sp³-hybridized carbons (Fsp3) is 0.400. The standard InChI is InChI=1S/C30H34N2O9S/c1-38-22-9-11-23(12-10-22)42(36,37)32(13-15-33)14-16-39-28-18-20(17-27(41-28)30(35)31-21-5-4-6-21)25-19-40-26-8-3-2-7-24(26)29(25)34/h2-3,7-12,17,19-21,28,33H,4-6,13-16,18H2,1H3,(H,31,35)/t20-,28+/m0/s1. The van der Waals surface area contributed by atoms with Gasteiger partial charge in [0.15, 0.2) is 11.2 Å². The highest BCUT2D eigenvalue weighted by Crippen LogP contribution is 2.32. The van der Waals surface area contributed by atoms with Gasteiger partial charge in [-0.2, -0.15) is 4.31 Å². The average molecular weight is 599 g/mol. The summed E-state index contributed by atoms with van der Waals surface area (Å²) in [7, 11) is -2.45. The van der Waals surface area contributed by atoms with Gasteiger partial charge in [0.1, 0.15) is 11.3 Å². The number of amides is 1. The van der Waals surface area contributed by atoms with Crippen LogP contribution in [-0.2, 0) is 24.3 Å². The van der Waals surface area contributed by atoms with Crippen molar-refractivity contribution in [3.8, 4) is 5.75 Å². The van der Waals surface area contributed by atoms with Crippen LogP contribution < -0.4 is 15.5 Å². The van der Waals surface area contributed by atoms with Crippen molar-refractivity contribution >= 4 is 26.9 Å². The van der Waals surface area contributed by atoms with Crippen LogP contribution in [0, 0.1) is 0 Å². The molecule has 1 aliphatic carbocycles. The maximum Gasteiger partial charge on any atom is 0.286 e. The fourth-order valence-corrected chi connectivity index (χ4v) is 6.35. The van der Waals surface area contributed by atoms with Gasteiger partial charge < -0.3 is 29.1 Å². The number of rotatable bonds is 12. The van der Waals surface area contributed by atoms with Crippen molar-refractivity contribution in [2.24, 2.45) is 0 Å². The summed E-state index contributed by atoms with van der Waals surface area (Å²) in [5.41, 5.74) is 0.612. The summed E-state index contributed by atoms with van der Waals surface area (Å²) in [4.78, 5) is 26.4. The molecule has 224 valence electrons. The third-order valence-corrected chi connectivity index (χ3v) is 9.43. The van der Waals surface area contributed by atoms with E-state index in [9.17, 15) is 23.1 Å². The minimum absolute atomic E-state index is 0.0359. The van der Waals surface area contributed by atoms with Crippen LogP contribution in [0.3, 0.4) is 0 Å². The van der Waals surface area contributed by atoms with E-state index < -0.39 is 28.1 Å². The summed E-state index contributed by atoms with van der Waals surface area (Å²) in [6.07, 6.45) is 5.10. The van der Waals surface area contributed by atoms with Crippen molar-refractivity contribution in [1.82, 2.24) is 9.62 Å². The van der Waals surface area contributed by atoms with Crippen molar-refractivity contribution in [3.63, 3.8) is 0 Å². The molecule has 3 aromatic rings. The number of aliphatic hydroxyl groups is 1. The number of fused-ring (bicyclic) bond motifs is 1. The SMILES string of the molecule is COc1ccc(S(=O)(=O)N(CCO)CCO[C@H]2C[C@@H](c3coc4ccccc4c3=O)C=C(C(=O)NC3CCC3)O2)cc1. The number of ether oxygens (including phenoxy) is 3. The molecular weight excluding hydrogens is 564 g/mol. The lowest BCUT2D eigenvalue weighted by atomic mass is 9.92. The zero-order valence-electron chi connectivity index (χ0n) is 23.2. The third-order valence-electron chi connectivity index (χ3n) is 7.52. The summed E-state index contributed by atoms with van der Waals surface area (Å²) >= 11 is 0. The Labute approximate surface area is 243 Å². The van der Waals surface area contributed by atoms with Crippen LogP contribution in [0.15, 0.2) is 80.7 Å². The zero-order valence-corrected chi connectivity index (χ0v) is 24.0. The molecule has 12 heteroatoms. The molecule has 2 aromatic carbocycles. The van der Waals surface area contributed by atoms with E-state index in [1.807, 2.05) is 0 Å². The van der Waals surface area contributed by atoms with Gasteiger partial charge >= 0.3 is 0 Å². The molecule has 2 atom stereocenters. The van der Waals surface area contributed by atoms with Crippen LogP contribution in [0.4, 0.5) is 0 Å². The number of carbonyl (C=O) groups is 1. The van der Waals surface area contributed by atoms with Gasteiger partial charge in [0.05, 0.1) is 36.9 Å². The van der Waals surface area contributed by atoms with E-state index in [1.165, 1.54) is 25.5 Å². The minimum Gasteiger partial charge on any atom is -0.497 e. The van der Waals surface area contributed by atoms with Crippen molar-refractivity contribution in [3.05, 3.63) is 82.4 Å². The maximum absolute atomic E-state index is 13.3. The summed E-state index contributed by atoms with van der Waals surface area (Å²) in [6.45, 7) is -0.691. The summed E-state index contributed by atoms with van der Waals surface area (Å²) in [5, 5.41) is 12.9. The van der Waals surface area contributed by atoms with Gasteiger partial charge in [-0.05, 0) is 61.7 Å². The molecule has 0 radical (unpaired) electrons. The van der Waals surface area contributed by atoms with E-state index in [4.69, 9.17) is 18.6 Å². The van der Waals surface area contributed by atoms with Crippen LogP contribution in [0.1, 0.15) is 37.2 Å². The maximum atomic E-state index is 13.3. The second-order valence-electron chi connectivity index (χ2n) is 10.2. The van der Waals surface area contributed by atoms with Crippen LogP contribution in [0.5, 0.6) is 5.75 Å². The predicted octanol–water partition coefficient (Wildman–Crippen LogP) is 2.88. The molecule has 0 unspecified atom stereocenters.